The van der Waals surface area contributed by atoms with E-state index in [1.165, 1.54) is 13.0 Å². The summed E-state index contributed by atoms with van der Waals surface area (Å²) in [7, 11) is 0. The van der Waals surface area contributed by atoms with Gasteiger partial charge in [-0.25, -0.2) is 0 Å². The van der Waals surface area contributed by atoms with Crippen molar-refractivity contribution in [3.63, 3.8) is 0 Å². The second-order valence-corrected chi connectivity index (χ2v) is 6.31. The fourth-order valence-corrected chi connectivity index (χ4v) is 1.98. The van der Waals surface area contributed by atoms with Gasteiger partial charge >= 0.3 is 5.91 Å². The van der Waals surface area contributed by atoms with E-state index in [4.69, 9.17) is 55.9 Å². The molecule has 0 unspecified atom stereocenters. The van der Waals surface area contributed by atoms with Crippen LogP contribution < -0.4 is 14.8 Å². The van der Waals surface area contributed by atoms with E-state index in [9.17, 15) is 4.79 Å². The van der Waals surface area contributed by atoms with Crippen molar-refractivity contribution < 1.29 is 14.3 Å². The molecule has 1 aromatic rings. The first kappa shape index (κ1) is 13.9. The molecule has 1 aromatic carbocycles. The Bertz CT molecular complexity index is 502. The van der Waals surface area contributed by atoms with Crippen molar-refractivity contribution in [2.24, 2.45) is 0 Å². The molecular weight excluding hydrogens is 324 g/mol. The number of alkyl halides is 3. The zero-order valence-electron chi connectivity index (χ0n) is 8.97. The number of carbonyl (C=O) groups is 1. The molecular formula is C10H7Cl4NO3. The summed E-state index contributed by atoms with van der Waals surface area (Å²) in [5, 5.41) is 2.77. The predicted molar refractivity (Wildman–Crippen MR) is 69.5 cm³/mol. The van der Waals surface area contributed by atoms with Crippen molar-refractivity contribution in [2.45, 2.75) is 16.6 Å². The summed E-state index contributed by atoms with van der Waals surface area (Å²) < 4.78 is 8.81. The monoisotopic (exact) mass is 329 g/mol. The molecule has 18 heavy (non-hydrogen) atoms. The fraction of sp³-hybridized carbons (Fsp3) is 0.300. The van der Waals surface area contributed by atoms with E-state index in [0.717, 1.165) is 0 Å². The third-order valence-electron chi connectivity index (χ3n) is 2.13. The summed E-state index contributed by atoms with van der Waals surface area (Å²) in [6.45, 7) is 1.25. The van der Waals surface area contributed by atoms with Gasteiger partial charge in [0, 0.05) is 18.0 Å². The lowest BCUT2D eigenvalue weighted by atomic mass is 10.3. The molecule has 1 N–H and O–H groups in total. The molecule has 1 aliphatic rings. The average molecular weight is 331 g/mol. The van der Waals surface area contributed by atoms with Crippen LogP contribution >= 0.6 is 46.4 Å². The molecule has 1 heterocycles. The number of hydrogen-bond acceptors (Lipinski definition) is 3. The van der Waals surface area contributed by atoms with Crippen molar-refractivity contribution in [1.29, 1.82) is 0 Å². The third-order valence-corrected chi connectivity index (χ3v) is 3.11. The van der Waals surface area contributed by atoms with Crippen LogP contribution in [0.1, 0.15) is 6.92 Å². The molecule has 0 spiro atoms. The topological polar surface area (TPSA) is 47.6 Å². The van der Waals surface area contributed by atoms with Crippen LogP contribution in [-0.4, -0.2) is 15.6 Å². The molecule has 1 atom stereocenters. The first-order chi connectivity index (χ1) is 8.23. The van der Waals surface area contributed by atoms with Gasteiger partial charge in [-0.05, 0) is 12.1 Å². The smallest absolute Gasteiger partial charge is 0.388 e. The molecule has 2 rings (SSSR count). The summed E-state index contributed by atoms with van der Waals surface area (Å²) in [5.41, 5.74) is 0. The molecule has 4 nitrogen and oxygen atoms in total. The molecule has 0 aliphatic carbocycles. The number of amides is 1. The van der Waals surface area contributed by atoms with Gasteiger partial charge in [-0.1, -0.05) is 46.4 Å². The lowest BCUT2D eigenvalue weighted by Crippen LogP contribution is -2.63. The van der Waals surface area contributed by atoms with Gasteiger partial charge in [-0.3, -0.25) is 10.1 Å². The largest absolute Gasteiger partial charge is 0.428 e. The Balaban J connectivity index is 2.40. The highest BCUT2D eigenvalue weighted by molar-refractivity contribution is 6.68. The first-order valence-corrected chi connectivity index (χ1v) is 6.28. The van der Waals surface area contributed by atoms with Gasteiger partial charge < -0.3 is 9.47 Å². The van der Waals surface area contributed by atoms with Crippen LogP contribution in [0.25, 0.3) is 0 Å². The van der Waals surface area contributed by atoms with Gasteiger partial charge in [0.2, 0.25) is 5.91 Å². The number of nitrogens with one attached hydrogen (secondary N) is 1. The second kappa shape index (κ2) is 4.53. The number of rotatable bonds is 1. The van der Waals surface area contributed by atoms with Gasteiger partial charge in [0.1, 0.15) is 0 Å². The number of fused-ring (bicyclic) bond motifs is 1. The van der Waals surface area contributed by atoms with Crippen molar-refractivity contribution in [3.05, 3.63) is 23.2 Å². The van der Waals surface area contributed by atoms with Crippen LogP contribution in [0.4, 0.5) is 0 Å². The highest BCUT2D eigenvalue weighted by Gasteiger charge is 2.59. The van der Waals surface area contributed by atoms with E-state index in [-0.39, 0.29) is 5.75 Å². The minimum Gasteiger partial charge on any atom is -0.428 e. The maximum absolute atomic E-state index is 11.2. The van der Waals surface area contributed by atoms with E-state index in [0.29, 0.717) is 10.8 Å². The minimum absolute atomic E-state index is 0.280. The molecule has 0 aromatic heterocycles. The van der Waals surface area contributed by atoms with Crippen molar-refractivity contribution in [1.82, 2.24) is 5.32 Å². The predicted octanol–water partition coefficient (Wildman–Crippen LogP) is 3.27. The summed E-state index contributed by atoms with van der Waals surface area (Å²) in [6, 6.07) is 4.64. The maximum atomic E-state index is 11.2. The summed E-state index contributed by atoms with van der Waals surface area (Å²) >= 11 is 23.2. The summed E-state index contributed by atoms with van der Waals surface area (Å²) in [4.78, 5) is 11.2. The van der Waals surface area contributed by atoms with Gasteiger partial charge in [0.25, 0.3) is 3.79 Å². The van der Waals surface area contributed by atoms with Crippen LogP contribution in [0.15, 0.2) is 18.2 Å². The Hall–Kier alpha value is -0.550. The van der Waals surface area contributed by atoms with Gasteiger partial charge in [-0.2, -0.15) is 0 Å². The first-order valence-electron chi connectivity index (χ1n) is 4.76. The molecule has 0 saturated carbocycles. The zero-order valence-corrected chi connectivity index (χ0v) is 12.0. The number of halogens is 4. The van der Waals surface area contributed by atoms with E-state index in [2.05, 4.69) is 5.32 Å². The highest BCUT2D eigenvalue weighted by atomic mass is 35.6. The van der Waals surface area contributed by atoms with Gasteiger partial charge in [-0.15, -0.1) is 0 Å². The second-order valence-electron chi connectivity index (χ2n) is 3.59. The Morgan fingerprint density at radius 2 is 1.89 bits per heavy atom. The molecule has 98 valence electrons. The van der Waals surface area contributed by atoms with Crippen LogP contribution in [0, 0.1) is 0 Å². The van der Waals surface area contributed by atoms with Crippen molar-refractivity contribution >= 4 is 52.3 Å². The van der Waals surface area contributed by atoms with E-state index < -0.39 is 15.6 Å². The normalized spacial score (nSPS) is 21.8. The van der Waals surface area contributed by atoms with E-state index >= 15 is 0 Å². The lowest BCUT2D eigenvalue weighted by molar-refractivity contribution is -0.142. The Morgan fingerprint density at radius 1 is 1.28 bits per heavy atom. The number of ether oxygens (including phenoxy) is 2. The van der Waals surface area contributed by atoms with Gasteiger partial charge in [0.15, 0.2) is 11.5 Å². The SMILES string of the molecule is CC(=O)N[C@@]1(C(Cl)(Cl)Cl)Oc2ccc(Cl)cc2O1. The number of benzene rings is 1. The third kappa shape index (κ3) is 2.43. The van der Waals surface area contributed by atoms with Crippen LogP contribution in [0.5, 0.6) is 11.5 Å². The standard InChI is InChI=1S/C10H7Cl4NO3/c1-5(16)15-10(9(12,13)14)17-7-3-2-6(11)4-8(7)18-10/h2-4H,1H3,(H,15,16)/t10-/m0/s1. The highest BCUT2D eigenvalue weighted by Crippen LogP contribution is 2.49. The molecule has 0 bridgehead atoms. The minimum atomic E-state index is -2.02. The van der Waals surface area contributed by atoms with Crippen molar-refractivity contribution in [2.75, 3.05) is 0 Å². The fourth-order valence-electron chi connectivity index (χ4n) is 1.45. The molecule has 1 amide bonds. The molecule has 0 fully saturated rings. The Morgan fingerprint density at radius 3 is 2.44 bits per heavy atom. The molecule has 1 aliphatic heterocycles. The van der Waals surface area contributed by atoms with Crippen LogP contribution in [0.3, 0.4) is 0 Å². The van der Waals surface area contributed by atoms with Crippen molar-refractivity contribution in [3.8, 4) is 11.5 Å². The summed E-state index contributed by atoms with van der Waals surface area (Å²) in [5.74, 6) is -1.78. The molecule has 0 saturated heterocycles. The van der Waals surface area contributed by atoms with E-state index in [1.54, 1.807) is 12.1 Å². The number of carbonyl (C=O) groups excluding carboxylic acids is 1. The van der Waals surface area contributed by atoms with Crippen LogP contribution in [0.2, 0.25) is 5.02 Å². The quantitative estimate of drug-likeness (QED) is 0.804. The number of hydrogen-bond donors (Lipinski definition) is 1. The molecule has 8 heteroatoms. The zero-order chi connectivity index (χ0) is 13.6. The Kier molecular flexibility index (Phi) is 3.49. The Labute approximate surface area is 123 Å². The maximum Gasteiger partial charge on any atom is 0.388 e. The average Bonchev–Trinajstić information content (AvgIpc) is 2.54. The lowest BCUT2D eigenvalue weighted by Gasteiger charge is -2.33. The van der Waals surface area contributed by atoms with Crippen LogP contribution in [-0.2, 0) is 4.79 Å². The van der Waals surface area contributed by atoms with Gasteiger partial charge in [0.05, 0.1) is 0 Å². The van der Waals surface area contributed by atoms with E-state index in [1.807, 2.05) is 0 Å². The summed E-state index contributed by atoms with van der Waals surface area (Å²) in [6.07, 6.45) is 0. The molecule has 0 radical (unpaired) electrons.